The van der Waals surface area contributed by atoms with Crippen LogP contribution in [-0.4, -0.2) is 126 Å². The van der Waals surface area contributed by atoms with Crippen molar-refractivity contribution in [3.63, 3.8) is 0 Å². The van der Waals surface area contributed by atoms with Crippen molar-refractivity contribution < 1.29 is 33.6 Å². The highest BCUT2D eigenvalue weighted by Gasteiger charge is 2.64. The molecule has 4 N–H and O–H groups in total. The smallest absolute Gasteiger partial charge is 0.266 e. The van der Waals surface area contributed by atoms with Gasteiger partial charge in [0.05, 0.1) is 62.2 Å². The minimum Gasteiger partial charge on any atom is -0.390 e. The zero-order chi connectivity index (χ0) is 81.8. The molecule has 4 heterocycles. The summed E-state index contributed by atoms with van der Waals surface area (Å²) in [6.07, 6.45) is 47.5. The monoisotopic (exact) mass is 1630 g/mol. The summed E-state index contributed by atoms with van der Waals surface area (Å²) in [5.41, 5.74) is 2.46. The number of fused-ring (bicyclic) bond motifs is 20. The van der Waals surface area contributed by atoms with E-state index in [1.807, 2.05) is 0 Å². The molecule has 16 aliphatic rings. The Labute approximate surface area is 700 Å². The summed E-state index contributed by atoms with van der Waals surface area (Å²) >= 11 is 5.63. The highest BCUT2D eigenvalue weighted by molar-refractivity contribution is 6.30. The van der Waals surface area contributed by atoms with Crippen molar-refractivity contribution in [2.24, 2.45) is 164 Å². The third kappa shape index (κ3) is 15.9. The maximum absolute atomic E-state index is 13.4. The van der Waals surface area contributed by atoms with Crippen LogP contribution in [0.15, 0.2) is 86.1 Å². The van der Waals surface area contributed by atoms with Crippen LogP contribution < -0.4 is 0 Å². The second-order valence-electron chi connectivity index (χ2n) is 43.6. The lowest BCUT2D eigenvalue weighted by Gasteiger charge is -2.57. The molecule has 32 atom stereocenters. The van der Waals surface area contributed by atoms with Crippen molar-refractivity contribution in [3.8, 4) is 11.3 Å². The first-order valence-corrected chi connectivity index (χ1v) is 47.1. The fraction of sp³-hybridized carbons (Fsp3) is 0.832. The van der Waals surface area contributed by atoms with Crippen LogP contribution in [0.25, 0.3) is 0 Å². The van der Waals surface area contributed by atoms with E-state index in [0.29, 0.717) is 120 Å². The first-order valence-electron chi connectivity index (χ1n) is 46.7. The zero-order valence-electron chi connectivity index (χ0n) is 71.3. The number of rotatable bonds is 14. The average molecular weight is 1630 g/mol. The van der Waals surface area contributed by atoms with Crippen LogP contribution in [-0.2, 0) is 26.2 Å². The average Bonchev–Trinajstić information content (AvgIpc) is 1.65. The van der Waals surface area contributed by atoms with E-state index in [0.717, 1.165) is 135 Å². The third-order valence-corrected chi connectivity index (χ3v) is 38.5. The van der Waals surface area contributed by atoms with Crippen LogP contribution in [0.4, 0.5) is 13.2 Å². The van der Waals surface area contributed by atoms with Crippen LogP contribution in [0.2, 0.25) is 0 Å². The molecule has 0 amide bonds. The standard InChI is InChI=1S/C25H34ClN3O.C24H35F2N3O.C23H35FN4O.C23H36N4O/c1-17(16-29-27-13-14-28-29)22-5-6-23-21-4-3-18-15-25(30,11-12-26)10-8-19(18)20(21)7-9-24(22,23)2;1-15(14-29-27-11-12-28-29)20-5-6-21-19-4-3-16-13-24(30,22(25)26)10-8-17(16)18(19)7-9-23(20,21)2;1-15(12-28-26-14-25-27-28)20-5-6-21-19-4-3-16-11-23(29,13-24)10-8-17(16)18(19)7-9-22(20,21)2;1-15(13-27-25-14-24-26-27)20-6-7-21-19-5-4-16-12-22(2,28)10-8-17(16)18(19)9-11-23(20,21)3/h13-14,18-23,30H,1,3-10,15-16H2,2H3;11-12,16-22,30H,1,3-10,13-14H2,2H3;14,16-21,29H,1,3-13H2,2H3;14,16-21,28H,1,4-13H2,2-3H3/t18-,19+,20-,21-,22-,23+,24-,25-;16-,17+,18-,19-,20-,21+,23-,24+;16-,17+,18-,19-,20-,21+,22-,23+;16-,17+,18-,19-,20-,21+,22+,23-/m1111/s1. The number of aliphatic hydroxyl groups is 4. The van der Waals surface area contributed by atoms with Gasteiger partial charge in [0.25, 0.3) is 6.43 Å². The molecule has 4 aromatic heterocycles. The van der Waals surface area contributed by atoms with Gasteiger partial charge in [-0.25, -0.2) is 13.2 Å². The number of nitrogens with zero attached hydrogens (tertiary/aromatic N) is 14. The van der Waals surface area contributed by atoms with E-state index in [9.17, 15) is 33.6 Å². The van der Waals surface area contributed by atoms with E-state index in [2.05, 4.69) is 123 Å². The summed E-state index contributed by atoms with van der Waals surface area (Å²) < 4.78 is 40.2. The first-order chi connectivity index (χ1) is 56.1. The summed E-state index contributed by atoms with van der Waals surface area (Å²) in [5.74, 6) is 19.7. The number of allylic oxidation sites excluding steroid dienone is 4. The van der Waals surface area contributed by atoms with Crippen LogP contribution in [0, 0.1) is 175 Å². The molecule has 0 saturated heterocycles. The molecule has 0 aliphatic heterocycles. The van der Waals surface area contributed by atoms with Gasteiger partial charge in [0, 0.05) is 5.38 Å². The predicted octanol–water partition coefficient (Wildman–Crippen LogP) is 18.6. The molecule has 16 fully saturated rings. The van der Waals surface area contributed by atoms with Gasteiger partial charge in [0.15, 0.2) is 12.7 Å². The molecular formula is C95H140ClF3N14O4. The number of halogens is 4. The second kappa shape index (κ2) is 33.2. The topological polar surface area (TPSA) is 230 Å². The van der Waals surface area contributed by atoms with Gasteiger partial charge in [-0.2, -0.15) is 39.6 Å². The third-order valence-electron chi connectivity index (χ3n) is 38.4. The summed E-state index contributed by atoms with van der Waals surface area (Å²) in [5, 5.41) is 86.0. The second-order valence-corrected chi connectivity index (χ2v) is 43.8. The van der Waals surface area contributed by atoms with Crippen molar-refractivity contribution in [3.05, 3.63) is 86.1 Å². The normalized spacial score (nSPS) is 46.2. The Kier molecular flexibility index (Phi) is 23.8. The van der Waals surface area contributed by atoms with E-state index >= 15 is 0 Å². The quantitative estimate of drug-likeness (QED) is 0.0680. The molecule has 18 nitrogen and oxygen atoms in total. The van der Waals surface area contributed by atoms with E-state index in [-0.39, 0.29) is 17.8 Å². The molecule has 642 valence electrons. The minimum absolute atomic E-state index is 0.271. The van der Waals surface area contributed by atoms with E-state index in [1.54, 1.807) is 44.0 Å². The van der Waals surface area contributed by atoms with Crippen molar-refractivity contribution in [1.29, 1.82) is 0 Å². The maximum Gasteiger partial charge on any atom is 0.266 e. The Morgan fingerprint density at radius 2 is 0.718 bits per heavy atom. The van der Waals surface area contributed by atoms with Crippen molar-refractivity contribution in [2.45, 2.75) is 321 Å². The highest BCUT2D eigenvalue weighted by Crippen LogP contribution is 2.71. The minimum atomic E-state index is -2.61. The van der Waals surface area contributed by atoms with Crippen LogP contribution in [0.1, 0.15) is 266 Å². The Balaban J connectivity index is 0.000000112. The van der Waals surface area contributed by atoms with Crippen LogP contribution >= 0.6 is 11.6 Å². The molecule has 16 aliphatic carbocycles. The van der Waals surface area contributed by atoms with Gasteiger partial charge in [-0.1, -0.05) is 82.2 Å². The van der Waals surface area contributed by atoms with Gasteiger partial charge in [0.2, 0.25) is 0 Å². The van der Waals surface area contributed by atoms with E-state index in [1.165, 1.54) is 183 Å². The number of aromatic nitrogens is 14. The van der Waals surface area contributed by atoms with Gasteiger partial charge >= 0.3 is 0 Å². The van der Waals surface area contributed by atoms with Crippen LogP contribution in [0.5, 0.6) is 0 Å². The Morgan fingerprint density at radius 1 is 0.385 bits per heavy atom. The number of hydrogen-bond donors (Lipinski definition) is 4. The summed E-state index contributed by atoms with van der Waals surface area (Å²) in [6, 6.07) is 0. The first kappa shape index (κ1) is 84.1. The van der Waals surface area contributed by atoms with Gasteiger partial charge in [-0.15, -0.1) is 20.4 Å². The van der Waals surface area contributed by atoms with E-state index < -0.39 is 35.5 Å². The molecule has 20 rings (SSSR count). The van der Waals surface area contributed by atoms with Gasteiger partial charge < -0.3 is 20.4 Å². The number of tetrazole rings is 2. The summed E-state index contributed by atoms with van der Waals surface area (Å²) in [6.45, 7) is 32.3. The Hall–Kier alpha value is -5.14. The molecule has 16 saturated carbocycles. The lowest BCUT2D eigenvalue weighted by Crippen LogP contribution is -2.52. The predicted molar refractivity (Wildman–Crippen MR) is 446 cm³/mol. The molecule has 4 aromatic rings. The fourth-order valence-electron chi connectivity index (χ4n) is 33.4. The molecule has 0 bridgehead atoms. The van der Waals surface area contributed by atoms with Gasteiger partial charge in [-0.05, 0) is 424 Å². The molecular weight excluding hydrogens is 1490 g/mol. The number of alkyl halides is 3. The largest absolute Gasteiger partial charge is 0.390 e. The lowest BCUT2D eigenvalue weighted by atomic mass is 9.48. The SMILES string of the molecule is C=C(Cn1nccn1)[C@H]1CC[C@H]2[C@@H]3CC[C@@H]4C[C@](O)(C#CCl)CC[C@@H]4[C@H]3CC[C@]12C.C=C(Cn1nccn1)[C@H]1CC[C@H]2[C@@H]3CC[C@@H]4C[C@](O)(C(F)F)CC[C@@H]4[C@H]3CC[C@]12C.C=C(Cn1ncnn1)[C@H]1CC[C@H]2[C@@H]3CC[C@@H]4C[C@@](C)(O)CC[C@@H]4[C@H]3CC[C@]12C.C=C(Cn1ncnn1)[C@H]1CC[C@H]2[C@@H]3CC[C@@H]4C[C@](O)(CF)CC[C@@H]4[C@H]3CC[C@]12C. The molecule has 22 heteroatoms. The summed E-state index contributed by atoms with van der Waals surface area (Å²) in [4.78, 5) is 6.86. The van der Waals surface area contributed by atoms with Crippen molar-refractivity contribution in [2.75, 3.05) is 6.67 Å². The molecule has 0 aromatic carbocycles. The van der Waals surface area contributed by atoms with Gasteiger partial charge in [-0.3, -0.25) is 0 Å². The molecule has 0 radical (unpaired) electrons. The molecule has 0 unspecified atom stereocenters. The maximum atomic E-state index is 13.4. The van der Waals surface area contributed by atoms with Crippen molar-refractivity contribution >= 4 is 11.6 Å². The van der Waals surface area contributed by atoms with Crippen LogP contribution in [0.3, 0.4) is 0 Å². The zero-order valence-corrected chi connectivity index (χ0v) is 72.0. The summed E-state index contributed by atoms with van der Waals surface area (Å²) in [7, 11) is 0. The number of hydrogen-bond acceptors (Lipinski definition) is 14. The van der Waals surface area contributed by atoms with Gasteiger partial charge in [0.1, 0.15) is 17.9 Å². The lowest BCUT2D eigenvalue weighted by molar-refractivity contribution is -0.159. The Bertz CT molecular complexity index is 4170. The van der Waals surface area contributed by atoms with E-state index in [4.69, 9.17) is 11.6 Å². The molecule has 0 spiro atoms. The Morgan fingerprint density at radius 3 is 1.08 bits per heavy atom. The van der Waals surface area contributed by atoms with Crippen molar-refractivity contribution in [1.82, 2.24) is 70.4 Å². The fourth-order valence-corrected chi connectivity index (χ4v) is 33.6. The molecule has 117 heavy (non-hydrogen) atoms. The highest BCUT2D eigenvalue weighted by atomic mass is 35.5.